The third kappa shape index (κ3) is 5.03. The van der Waals surface area contributed by atoms with Gasteiger partial charge in [0, 0.05) is 22.0 Å². The number of hydrogen-bond acceptors (Lipinski definition) is 4. The van der Waals surface area contributed by atoms with Crippen LogP contribution in [0.25, 0.3) is 0 Å². The lowest BCUT2D eigenvalue weighted by Gasteiger charge is -2.13. The molecule has 0 radical (unpaired) electrons. The standard InChI is InChI=1S/C17H21Cl2N3O3/c1-4-14-15(5-6-24-17(20)23)21-22(10(2)3)16(14)25-13-8-11(18)7-12(19)9-13/h7-10H,4-6H2,1-3H3,(H2,20,23). The number of benzene rings is 1. The van der Waals surface area contributed by atoms with E-state index in [0.717, 1.165) is 11.3 Å². The van der Waals surface area contributed by atoms with Crippen LogP contribution in [0.15, 0.2) is 18.2 Å². The smallest absolute Gasteiger partial charge is 0.404 e. The van der Waals surface area contributed by atoms with E-state index < -0.39 is 6.09 Å². The van der Waals surface area contributed by atoms with E-state index in [0.29, 0.717) is 34.5 Å². The summed E-state index contributed by atoms with van der Waals surface area (Å²) >= 11 is 12.1. The van der Waals surface area contributed by atoms with Gasteiger partial charge in [0.15, 0.2) is 0 Å². The molecule has 2 N–H and O–H groups in total. The van der Waals surface area contributed by atoms with Crippen LogP contribution in [0, 0.1) is 0 Å². The summed E-state index contributed by atoms with van der Waals surface area (Å²) in [6.07, 6.45) is 0.368. The van der Waals surface area contributed by atoms with Crippen molar-refractivity contribution >= 4 is 29.3 Å². The lowest BCUT2D eigenvalue weighted by Crippen LogP contribution is -2.15. The molecule has 0 unspecified atom stereocenters. The Balaban J connectivity index is 2.36. The Morgan fingerprint density at radius 2 is 1.92 bits per heavy atom. The molecule has 0 aliphatic heterocycles. The molecule has 2 aromatic rings. The summed E-state index contributed by atoms with van der Waals surface area (Å²) in [6, 6.07) is 5.12. The van der Waals surface area contributed by atoms with Crippen LogP contribution in [0.3, 0.4) is 0 Å². The van der Waals surface area contributed by atoms with Gasteiger partial charge >= 0.3 is 6.09 Å². The summed E-state index contributed by atoms with van der Waals surface area (Å²) < 4.78 is 12.7. The van der Waals surface area contributed by atoms with E-state index in [9.17, 15) is 4.79 Å². The van der Waals surface area contributed by atoms with Gasteiger partial charge in [-0.05, 0) is 38.5 Å². The molecular formula is C17H21Cl2N3O3. The van der Waals surface area contributed by atoms with Gasteiger partial charge < -0.3 is 15.2 Å². The van der Waals surface area contributed by atoms with Crippen LogP contribution in [0.5, 0.6) is 11.6 Å². The van der Waals surface area contributed by atoms with Crippen molar-refractivity contribution in [1.82, 2.24) is 9.78 Å². The highest BCUT2D eigenvalue weighted by molar-refractivity contribution is 6.34. The second kappa shape index (κ2) is 8.45. The molecule has 25 heavy (non-hydrogen) atoms. The summed E-state index contributed by atoms with van der Waals surface area (Å²) in [5, 5.41) is 5.60. The Bertz CT molecular complexity index is 740. The van der Waals surface area contributed by atoms with Gasteiger partial charge in [-0.25, -0.2) is 9.48 Å². The highest BCUT2D eigenvalue weighted by Gasteiger charge is 2.20. The molecule has 0 aliphatic carbocycles. The van der Waals surface area contributed by atoms with Gasteiger partial charge in [-0.3, -0.25) is 0 Å². The van der Waals surface area contributed by atoms with Crippen LogP contribution in [0.4, 0.5) is 4.79 Å². The molecule has 0 atom stereocenters. The number of nitrogens with zero attached hydrogens (tertiary/aromatic N) is 2. The minimum absolute atomic E-state index is 0.0840. The fraction of sp³-hybridized carbons (Fsp3) is 0.412. The second-order valence-electron chi connectivity index (χ2n) is 5.75. The van der Waals surface area contributed by atoms with Crippen molar-refractivity contribution in [3.05, 3.63) is 39.5 Å². The van der Waals surface area contributed by atoms with Crippen LogP contribution >= 0.6 is 23.2 Å². The molecular weight excluding hydrogens is 365 g/mol. The second-order valence-corrected chi connectivity index (χ2v) is 6.62. The summed E-state index contributed by atoms with van der Waals surface area (Å²) in [5.74, 6) is 1.17. The molecule has 0 bridgehead atoms. The van der Waals surface area contributed by atoms with Crippen molar-refractivity contribution in [3.63, 3.8) is 0 Å². The molecule has 1 aromatic carbocycles. The predicted molar refractivity (Wildman–Crippen MR) is 97.8 cm³/mol. The van der Waals surface area contributed by atoms with E-state index in [2.05, 4.69) is 5.10 Å². The van der Waals surface area contributed by atoms with E-state index in [1.165, 1.54) is 0 Å². The molecule has 0 saturated heterocycles. The zero-order chi connectivity index (χ0) is 18.6. The summed E-state index contributed by atoms with van der Waals surface area (Å²) in [4.78, 5) is 10.8. The average molecular weight is 386 g/mol. The highest BCUT2D eigenvalue weighted by atomic mass is 35.5. The highest BCUT2D eigenvalue weighted by Crippen LogP contribution is 2.33. The molecule has 1 amide bonds. The minimum Gasteiger partial charge on any atom is -0.449 e. The van der Waals surface area contributed by atoms with Gasteiger partial charge in [-0.1, -0.05) is 30.1 Å². The SMILES string of the molecule is CCc1c(CCOC(N)=O)nn(C(C)C)c1Oc1cc(Cl)cc(Cl)c1. The van der Waals surface area contributed by atoms with Crippen molar-refractivity contribution in [3.8, 4) is 11.6 Å². The zero-order valence-corrected chi connectivity index (χ0v) is 15.9. The van der Waals surface area contributed by atoms with E-state index in [4.69, 9.17) is 38.4 Å². The first-order valence-corrected chi connectivity index (χ1v) is 8.73. The molecule has 0 spiro atoms. The maximum Gasteiger partial charge on any atom is 0.404 e. The fourth-order valence-electron chi connectivity index (χ4n) is 2.46. The van der Waals surface area contributed by atoms with E-state index >= 15 is 0 Å². The lowest BCUT2D eigenvalue weighted by molar-refractivity contribution is 0.157. The molecule has 1 heterocycles. The normalized spacial score (nSPS) is 11.0. The molecule has 8 heteroatoms. The Morgan fingerprint density at radius 3 is 2.44 bits per heavy atom. The maximum absolute atomic E-state index is 10.8. The third-order valence-electron chi connectivity index (χ3n) is 3.52. The maximum atomic E-state index is 10.8. The first kappa shape index (κ1) is 19.4. The van der Waals surface area contributed by atoms with Gasteiger partial charge in [-0.2, -0.15) is 5.10 Å². The number of primary amides is 1. The van der Waals surface area contributed by atoms with Crippen molar-refractivity contribution in [2.75, 3.05) is 6.61 Å². The van der Waals surface area contributed by atoms with Crippen molar-refractivity contribution < 1.29 is 14.3 Å². The molecule has 136 valence electrons. The first-order valence-electron chi connectivity index (χ1n) is 7.98. The number of nitrogens with two attached hydrogens (primary N) is 1. The minimum atomic E-state index is -0.800. The van der Waals surface area contributed by atoms with Crippen molar-refractivity contribution in [1.29, 1.82) is 0 Å². The lowest BCUT2D eigenvalue weighted by atomic mass is 10.1. The van der Waals surface area contributed by atoms with Gasteiger partial charge in [0.05, 0.1) is 18.3 Å². The number of carbonyl (C=O) groups excluding carboxylic acids is 1. The van der Waals surface area contributed by atoms with Gasteiger partial charge in [0.25, 0.3) is 0 Å². The summed E-state index contributed by atoms with van der Waals surface area (Å²) in [7, 11) is 0. The van der Waals surface area contributed by atoms with Crippen molar-refractivity contribution in [2.45, 2.75) is 39.7 Å². The predicted octanol–water partition coefficient (Wildman–Crippen LogP) is 4.76. The number of hydrogen-bond donors (Lipinski definition) is 1. The number of rotatable bonds is 7. The number of amides is 1. The van der Waals surface area contributed by atoms with Gasteiger partial charge in [-0.15, -0.1) is 0 Å². The number of aromatic nitrogens is 2. The summed E-state index contributed by atoms with van der Waals surface area (Å²) in [6.45, 7) is 6.19. The van der Waals surface area contributed by atoms with Crippen LogP contribution in [0.2, 0.25) is 10.0 Å². The van der Waals surface area contributed by atoms with Crippen LogP contribution in [-0.4, -0.2) is 22.5 Å². The largest absolute Gasteiger partial charge is 0.449 e. The van der Waals surface area contributed by atoms with Crippen LogP contribution < -0.4 is 10.5 Å². The number of halogens is 2. The topological polar surface area (TPSA) is 79.4 Å². The van der Waals surface area contributed by atoms with E-state index in [1.807, 2.05) is 20.8 Å². The Hall–Kier alpha value is -1.92. The number of carbonyl (C=O) groups is 1. The summed E-state index contributed by atoms with van der Waals surface area (Å²) in [5.41, 5.74) is 6.75. The van der Waals surface area contributed by atoms with Crippen molar-refractivity contribution in [2.24, 2.45) is 5.73 Å². The fourth-order valence-corrected chi connectivity index (χ4v) is 2.97. The average Bonchev–Trinajstić information content (AvgIpc) is 2.83. The molecule has 0 aliphatic rings. The quantitative estimate of drug-likeness (QED) is 0.744. The van der Waals surface area contributed by atoms with Gasteiger partial charge in [0.1, 0.15) is 5.75 Å². The molecule has 0 saturated carbocycles. The van der Waals surface area contributed by atoms with Crippen LogP contribution in [0.1, 0.15) is 38.1 Å². The monoisotopic (exact) mass is 385 g/mol. The molecule has 6 nitrogen and oxygen atoms in total. The molecule has 0 fully saturated rings. The third-order valence-corrected chi connectivity index (χ3v) is 3.96. The van der Waals surface area contributed by atoms with Gasteiger partial charge in [0.2, 0.25) is 5.88 Å². The zero-order valence-electron chi connectivity index (χ0n) is 14.4. The van der Waals surface area contributed by atoms with E-state index in [1.54, 1.807) is 22.9 Å². The number of ether oxygens (including phenoxy) is 2. The molecule has 1 aromatic heterocycles. The van der Waals surface area contributed by atoms with E-state index in [-0.39, 0.29) is 12.6 Å². The molecule has 2 rings (SSSR count). The Morgan fingerprint density at radius 1 is 1.28 bits per heavy atom. The van der Waals surface area contributed by atoms with Crippen LogP contribution in [-0.2, 0) is 17.6 Å². The Kier molecular flexibility index (Phi) is 6.56. The first-order chi connectivity index (χ1) is 11.8. The Labute approximate surface area is 156 Å².